The summed E-state index contributed by atoms with van der Waals surface area (Å²) in [6.07, 6.45) is 1.73. The summed E-state index contributed by atoms with van der Waals surface area (Å²) < 4.78 is 31.3. The molecule has 1 atom stereocenters. The summed E-state index contributed by atoms with van der Waals surface area (Å²) in [7, 11) is 0. The molecule has 0 radical (unpaired) electrons. The van der Waals surface area contributed by atoms with E-state index in [0.29, 0.717) is 42.7 Å². The van der Waals surface area contributed by atoms with Crippen molar-refractivity contribution >= 4 is 52.4 Å². The van der Waals surface area contributed by atoms with Crippen LogP contribution in [0.5, 0.6) is 5.88 Å². The number of rotatable bonds is 19. The second kappa shape index (κ2) is 18.1. The highest BCUT2D eigenvalue weighted by molar-refractivity contribution is 8.04. The van der Waals surface area contributed by atoms with Crippen LogP contribution in [0.1, 0.15) is 53.5 Å². The number of pyridine rings is 1. The molecule has 44 heavy (non-hydrogen) atoms. The summed E-state index contributed by atoms with van der Waals surface area (Å²) in [6.45, 7) is 13.4. The van der Waals surface area contributed by atoms with E-state index in [1.165, 1.54) is 6.07 Å². The van der Waals surface area contributed by atoms with E-state index in [9.17, 15) is 14.0 Å². The molecule has 3 rings (SSSR count). The van der Waals surface area contributed by atoms with Gasteiger partial charge in [-0.15, -0.1) is 0 Å². The van der Waals surface area contributed by atoms with Gasteiger partial charge in [0.15, 0.2) is 0 Å². The van der Waals surface area contributed by atoms with Crippen molar-refractivity contribution < 1.29 is 23.1 Å². The molecule has 6 nitrogen and oxygen atoms in total. The average molecular weight is 664 g/mol. The predicted molar refractivity (Wildman–Crippen MR) is 186 cm³/mol. The zero-order valence-corrected chi connectivity index (χ0v) is 29.2. The van der Waals surface area contributed by atoms with Crippen LogP contribution in [-0.2, 0) is 16.0 Å². The molecule has 0 N–H and O–H groups in total. The van der Waals surface area contributed by atoms with Crippen molar-refractivity contribution in [2.24, 2.45) is 17.3 Å². The smallest absolute Gasteiger partial charge is 0.345 e. The number of carbonyl (C=O) groups is 1. The largest absolute Gasteiger partial charge is 0.477 e. The van der Waals surface area contributed by atoms with Gasteiger partial charge in [-0.25, -0.2) is 9.18 Å². The minimum Gasteiger partial charge on any atom is -0.477 e. The van der Waals surface area contributed by atoms with E-state index in [1.54, 1.807) is 24.3 Å². The van der Waals surface area contributed by atoms with E-state index in [-0.39, 0.29) is 22.8 Å². The van der Waals surface area contributed by atoms with E-state index < -0.39 is 16.9 Å². The van der Waals surface area contributed by atoms with Crippen LogP contribution in [0.3, 0.4) is 0 Å². The molecule has 10 heteroatoms. The number of hydrogen-bond acceptors (Lipinski definition) is 9. The Morgan fingerprint density at radius 1 is 0.932 bits per heavy atom. The first-order valence-corrected chi connectivity index (χ1v) is 18.8. The zero-order chi connectivity index (χ0) is 32.1. The molecule has 0 amide bonds. The average Bonchev–Trinajstić information content (AvgIpc) is 2.98. The molecule has 1 aromatic carbocycles. The molecule has 242 valence electrons. The summed E-state index contributed by atoms with van der Waals surface area (Å²) in [5, 5.41) is 0.604. The summed E-state index contributed by atoms with van der Waals surface area (Å²) in [5.41, 5.74) is 0.343. The van der Waals surface area contributed by atoms with Crippen molar-refractivity contribution in [2.45, 2.75) is 54.4 Å². The Morgan fingerprint density at radius 2 is 1.59 bits per heavy atom. The topological polar surface area (TPSA) is 78.6 Å². The first-order chi connectivity index (χ1) is 21.0. The summed E-state index contributed by atoms with van der Waals surface area (Å²) in [6, 6.07) is 9.99. The number of thioether (sulfide) groups is 3. The number of carbonyl (C=O) groups excluding carboxylic acids is 1. The number of fused-ring (bicyclic) bond motifs is 1. The van der Waals surface area contributed by atoms with Crippen LogP contribution in [0.4, 0.5) is 4.39 Å². The Bertz CT molecular complexity index is 1410. The number of esters is 1. The van der Waals surface area contributed by atoms with Crippen molar-refractivity contribution in [1.29, 1.82) is 0 Å². The Labute approximate surface area is 274 Å². The molecule has 1 unspecified atom stereocenters. The molecule has 0 saturated carbocycles. The second-order valence-electron chi connectivity index (χ2n) is 11.7. The Balaban J connectivity index is 1.27. The third-order valence-electron chi connectivity index (χ3n) is 7.57. The van der Waals surface area contributed by atoms with E-state index in [4.69, 9.17) is 13.9 Å². The van der Waals surface area contributed by atoms with Gasteiger partial charge in [0.2, 0.25) is 11.6 Å². The Kier molecular flexibility index (Phi) is 14.9. The van der Waals surface area contributed by atoms with Gasteiger partial charge in [-0.05, 0) is 62.3 Å². The fraction of sp³-hybridized carbons (Fsp3) is 0.559. The molecule has 0 spiro atoms. The molecule has 0 saturated heterocycles. The number of halogens is 1. The van der Waals surface area contributed by atoms with Crippen molar-refractivity contribution in [2.75, 3.05) is 47.7 Å². The van der Waals surface area contributed by atoms with Gasteiger partial charge < -0.3 is 13.9 Å². The van der Waals surface area contributed by atoms with Crippen LogP contribution in [0.15, 0.2) is 45.6 Å². The Morgan fingerprint density at radius 3 is 2.23 bits per heavy atom. The van der Waals surface area contributed by atoms with Crippen molar-refractivity contribution in [3.05, 3.63) is 58.2 Å². The van der Waals surface area contributed by atoms with Crippen molar-refractivity contribution in [3.63, 3.8) is 0 Å². The third kappa shape index (κ3) is 11.0. The molecule has 0 aliphatic heterocycles. The highest BCUT2D eigenvalue weighted by atomic mass is 32.2. The molecule has 2 heterocycles. The van der Waals surface area contributed by atoms with Gasteiger partial charge >= 0.3 is 11.6 Å². The summed E-state index contributed by atoms with van der Waals surface area (Å²) in [4.78, 5) is 29.4. The maximum atomic E-state index is 14.6. The lowest BCUT2D eigenvalue weighted by molar-refractivity contribution is -0.156. The molecule has 0 bridgehead atoms. The van der Waals surface area contributed by atoms with Crippen molar-refractivity contribution in [3.8, 4) is 17.0 Å². The van der Waals surface area contributed by atoms with E-state index >= 15 is 0 Å². The molecule has 0 aliphatic rings. The van der Waals surface area contributed by atoms with Gasteiger partial charge in [-0.1, -0.05) is 39.8 Å². The number of nitrogens with zero attached hydrogens (tertiary/aromatic N) is 1. The number of aryl methyl sites for hydroxylation is 1. The van der Waals surface area contributed by atoms with Gasteiger partial charge in [0.1, 0.15) is 12.4 Å². The van der Waals surface area contributed by atoms with Crippen molar-refractivity contribution in [1.82, 2.24) is 4.98 Å². The van der Waals surface area contributed by atoms with Gasteiger partial charge in [0, 0.05) is 51.5 Å². The number of hydrogen-bond donors (Lipinski definition) is 0. The lowest BCUT2D eigenvalue weighted by atomic mass is 9.76. The highest BCUT2D eigenvalue weighted by Crippen LogP contribution is 2.33. The van der Waals surface area contributed by atoms with Crippen LogP contribution < -0.4 is 10.4 Å². The van der Waals surface area contributed by atoms with Gasteiger partial charge in [-0.2, -0.15) is 40.3 Å². The first kappa shape index (κ1) is 36.3. The van der Waals surface area contributed by atoms with Gasteiger partial charge in [-0.3, -0.25) is 4.79 Å². The summed E-state index contributed by atoms with van der Waals surface area (Å²) >= 11 is 5.56. The molecule has 2 aromatic heterocycles. The maximum absolute atomic E-state index is 14.6. The second-order valence-corrected chi connectivity index (χ2v) is 15.4. The lowest BCUT2D eigenvalue weighted by Crippen LogP contribution is -2.34. The monoisotopic (exact) mass is 663 g/mol. The minimum absolute atomic E-state index is 0.0924. The molecule has 0 aliphatic carbocycles. The quantitative estimate of drug-likeness (QED) is 0.0928. The molecular formula is C34H46FNO5S3. The maximum Gasteiger partial charge on any atom is 0.345 e. The lowest BCUT2D eigenvalue weighted by Gasteiger charge is -2.30. The standard InChI is InChI=1S/C34H46FNO5S3/c1-7-25-8-10-27(29(35)21-25)28-22-26-9-11-30(36-31(26)41-32(28)37)39-12-14-42-16-18-44-19-17-43-15-13-40-33(38)34(5,6)24(4)20-23(2)3/h8-11,21-24H,7,12-20H2,1-6H3. The first-order valence-electron chi connectivity index (χ1n) is 15.3. The SMILES string of the molecule is CCc1ccc(-c2cc3ccc(OCCSCCSCCSCCOC(=O)C(C)(C)C(C)CC(C)C)nc3oc2=O)c(F)c1. The molecule has 0 fully saturated rings. The van der Waals surface area contributed by atoms with Crippen LogP contribution in [0.2, 0.25) is 0 Å². The number of aromatic nitrogens is 1. The van der Waals surface area contributed by atoms with Gasteiger partial charge in [0.05, 0.1) is 17.6 Å². The van der Waals surface area contributed by atoms with E-state index in [1.807, 2.05) is 62.1 Å². The fourth-order valence-electron chi connectivity index (χ4n) is 4.58. The van der Waals surface area contributed by atoms with E-state index in [0.717, 1.165) is 46.5 Å². The number of ether oxygens (including phenoxy) is 2. The van der Waals surface area contributed by atoms with E-state index in [2.05, 4.69) is 25.8 Å². The van der Waals surface area contributed by atoms with Crippen LogP contribution >= 0.6 is 35.3 Å². The molecule has 3 aromatic rings. The predicted octanol–water partition coefficient (Wildman–Crippen LogP) is 8.39. The number of benzene rings is 1. The fourth-order valence-corrected chi connectivity index (χ4v) is 7.48. The van der Waals surface area contributed by atoms with Crippen LogP contribution in [0, 0.1) is 23.1 Å². The normalized spacial score (nSPS) is 12.5. The van der Waals surface area contributed by atoms with Crippen LogP contribution in [-0.4, -0.2) is 58.7 Å². The minimum atomic E-state index is -0.633. The van der Waals surface area contributed by atoms with Crippen LogP contribution in [0.25, 0.3) is 22.2 Å². The zero-order valence-electron chi connectivity index (χ0n) is 26.8. The third-order valence-corrected chi connectivity index (χ3v) is 11.0. The highest BCUT2D eigenvalue weighted by Gasteiger charge is 2.35. The molecular weight excluding hydrogens is 618 g/mol. The summed E-state index contributed by atoms with van der Waals surface area (Å²) in [5.74, 6) is 6.55. The van der Waals surface area contributed by atoms with Gasteiger partial charge in [0.25, 0.3) is 0 Å². The Hall–Kier alpha value is -2.17.